The number of likely N-dealkylation sites (N-methyl/N-ethyl adjacent to an activating group) is 1. The fourth-order valence-corrected chi connectivity index (χ4v) is 12.8. The minimum Gasteiger partial charge on any atom is -0.497 e. The molecule has 23 heteroatoms. The van der Waals surface area contributed by atoms with Crippen LogP contribution in [0.3, 0.4) is 0 Å². The summed E-state index contributed by atoms with van der Waals surface area (Å²) in [7, 11) is 5.54. The second kappa shape index (κ2) is 21.6. The predicted octanol–water partition coefficient (Wildman–Crippen LogP) is 9.13. The number of methoxy groups -OCH3 is 2. The summed E-state index contributed by atoms with van der Waals surface area (Å²) in [6.45, 7) is 3.92. The Kier molecular flexibility index (Phi) is 14.7. The molecule has 8 heterocycles. The van der Waals surface area contributed by atoms with Crippen LogP contribution in [0.15, 0.2) is 144 Å². The van der Waals surface area contributed by atoms with Gasteiger partial charge >= 0.3 is 0 Å². The van der Waals surface area contributed by atoms with E-state index in [0.717, 1.165) is 60.3 Å². The molecule has 2 amide bonds. The van der Waals surface area contributed by atoms with Crippen LogP contribution < -0.4 is 9.47 Å². The van der Waals surface area contributed by atoms with Gasteiger partial charge in [-0.3, -0.25) is 19.0 Å². The quantitative estimate of drug-likeness (QED) is 0.120. The highest BCUT2D eigenvalue weighted by molar-refractivity contribution is 7.90. The number of hydrogen-bond acceptors (Lipinski definition) is 12. The van der Waals surface area contributed by atoms with Gasteiger partial charge in [0.05, 0.1) is 58.8 Å². The van der Waals surface area contributed by atoms with E-state index in [-0.39, 0.29) is 34.0 Å². The second-order valence-corrected chi connectivity index (χ2v) is 23.6. The number of aromatic amines is 1. The topological polar surface area (TPSA) is 219 Å². The van der Waals surface area contributed by atoms with Gasteiger partial charge in [0.2, 0.25) is 11.8 Å². The minimum atomic E-state index is -4.09. The van der Waals surface area contributed by atoms with E-state index in [1.165, 1.54) is 17.7 Å². The average Bonchev–Trinajstić information content (AvgIpc) is 2.70. The highest BCUT2D eigenvalue weighted by atomic mass is 35.5. The number of rotatable bonds is 11. The lowest BCUT2D eigenvalue weighted by molar-refractivity contribution is -0.129. The number of amides is 2. The summed E-state index contributed by atoms with van der Waals surface area (Å²) < 4.78 is 75.5. The predicted molar refractivity (Wildman–Crippen MR) is 315 cm³/mol. The van der Waals surface area contributed by atoms with Gasteiger partial charge in [-0.1, -0.05) is 35.4 Å². The van der Waals surface area contributed by atoms with E-state index in [2.05, 4.69) is 25.1 Å². The van der Waals surface area contributed by atoms with Crippen molar-refractivity contribution in [3.8, 4) is 34.0 Å². The molecule has 0 aliphatic heterocycles. The standard InChI is InChI=1S/C29H28N6O4S.C25H21N5O3S.C4H8ClNO/c1-18-6-9-21(10-7-18)40(37,38)35-26(13-23-28-19(14-30-29(23)35)15-31-33(28)4)24-16-34(17-27(36)32(2)3)25-11-8-20(39-5)12-22(24)25;1-15-4-7-18(8-5-15)34(31,32)30-23(21-14-26-22-9-6-17(33-3)10-19(21)22)11-20-24-16(12-27-25(20)30)13-28-29(24)2;1-6(2)4(7)3-5/h6-16H,17H2,1-5H3;4-14,26H,1-3H3;3H2,1-2H3. The lowest BCUT2D eigenvalue weighted by Crippen LogP contribution is -2.25. The zero-order chi connectivity index (χ0) is 57.8. The Balaban J connectivity index is 0.000000164. The van der Waals surface area contributed by atoms with Gasteiger partial charge in [0.1, 0.15) is 23.9 Å². The molecular weight excluding hydrogens is 1090 g/mol. The number of fused-ring (bicyclic) bond motifs is 8. The zero-order valence-electron chi connectivity index (χ0n) is 46.0. The number of hydrogen-bond donors (Lipinski definition) is 1. The van der Waals surface area contributed by atoms with E-state index < -0.39 is 20.0 Å². The van der Waals surface area contributed by atoms with Crippen molar-refractivity contribution in [3.63, 3.8) is 0 Å². The molecule has 0 bridgehead atoms. The van der Waals surface area contributed by atoms with E-state index in [0.29, 0.717) is 50.5 Å². The Hall–Kier alpha value is -8.99. The van der Waals surface area contributed by atoms with Crippen molar-refractivity contribution in [1.82, 2.24) is 56.8 Å². The van der Waals surface area contributed by atoms with E-state index >= 15 is 0 Å². The van der Waals surface area contributed by atoms with Crippen LogP contribution in [0.5, 0.6) is 11.5 Å². The Morgan fingerprint density at radius 1 is 0.593 bits per heavy atom. The summed E-state index contributed by atoms with van der Waals surface area (Å²) in [6, 6.07) is 28.5. The van der Waals surface area contributed by atoms with Crippen LogP contribution in [-0.4, -0.2) is 134 Å². The summed E-state index contributed by atoms with van der Waals surface area (Å²) in [5, 5.41) is 13.3. The van der Waals surface area contributed by atoms with Crippen molar-refractivity contribution < 1.29 is 35.9 Å². The van der Waals surface area contributed by atoms with Gasteiger partial charge in [-0.15, -0.1) is 11.6 Å². The van der Waals surface area contributed by atoms with E-state index in [4.69, 9.17) is 21.1 Å². The SMILES string of the molecule is CN(C)C(=O)CCl.COc1ccc2[nH]cc(-c3cc4c5c(cnc4n3S(=O)(=O)c3ccc(C)cc3)cnn5C)c2c1.COc1ccc2c(c1)c(-c1cc3c4c(cnc3n1S(=O)(=O)c1ccc(C)cc1)cnn4C)cn2CC(=O)N(C)C. The number of carbonyl (C=O) groups excluding carboxylic acids is 2. The molecule has 1 N–H and O–H groups in total. The summed E-state index contributed by atoms with van der Waals surface area (Å²) in [5.74, 6) is 1.23. The van der Waals surface area contributed by atoms with E-state index in [9.17, 15) is 26.4 Å². The molecule has 12 aromatic rings. The second-order valence-electron chi connectivity index (χ2n) is 19.7. The van der Waals surface area contributed by atoms with Crippen LogP contribution in [0.2, 0.25) is 0 Å². The number of carbonyl (C=O) groups is 2. The molecule has 0 spiro atoms. The molecule has 81 heavy (non-hydrogen) atoms. The number of aromatic nitrogens is 10. The Bertz CT molecular complexity index is 4650. The van der Waals surface area contributed by atoms with Crippen LogP contribution in [-0.2, 0) is 50.3 Å². The van der Waals surface area contributed by atoms with Crippen molar-refractivity contribution in [1.29, 1.82) is 0 Å². The highest BCUT2D eigenvalue weighted by Crippen LogP contribution is 2.41. The minimum absolute atomic E-state index is 0.0540. The molecule has 0 fully saturated rings. The first-order chi connectivity index (χ1) is 38.7. The first-order valence-corrected chi connectivity index (χ1v) is 28.7. The maximum atomic E-state index is 14.3. The normalized spacial score (nSPS) is 11.8. The van der Waals surface area contributed by atoms with Crippen LogP contribution >= 0.6 is 11.6 Å². The molecule has 0 saturated heterocycles. The number of H-pyrrole nitrogens is 1. The smallest absolute Gasteiger partial charge is 0.269 e. The molecule has 4 aromatic carbocycles. The zero-order valence-corrected chi connectivity index (χ0v) is 48.4. The number of halogens is 1. The summed E-state index contributed by atoms with van der Waals surface area (Å²) in [4.78, 5) is 38.8. The number of nitrogens with one attached hydrogen (secondary N) is 1. The number of benzene rings is 4. The number of nitrogens with zero attached hydrogens (tertiary/aromatic N) is 11. The van der Waals surface area contributed by atoms with Crippen LogP contribution in [0, 0.1) is 13.8 Å². The van der Waals surface area contributed by atoms with Gasteiger partial charge < -0.3 is 28.8 Å². The average molecular weight is 1150 g/mol. The molecule has 12 rings (SSSR count). The summed E-state index contributed by atoms with van der Waals surface area (Å²) in [5.41, 5.74) is 8.11. The Morgan fingerprint density at radius 3 is 1.52 bits per heavy atom. The highest BCUT2D eigenvalue weighted by Gasteiger charge is 2.30. The molecule has 0 radical (unpaired) electrons. The third kappa shape index (κ3) is 9.99. The van der Waals surface area contributed by atoms with Crippen molar-refractivity contribution >= 4 is 109 Å². The van der Waals surface area contributed by atoms with Gasteiger partial charge in [0.25, 0.3) is 20.0 Å². The first-order valence-electron chi connectivity index (χ1n) is 25.2. The fraction of sp³-hybridized carbons (Fsp3) is 0.207. The maximum Gasteiger partial charge on any atom is 0.269 e. The lowest BCUT2D eigenvalue weighted by Gasteiger charge is -2.12. The molecule has 0 saturated carbocycles. The number of alkyl halides is 1. The van der Waals surface area contributed by atoms with E-state index in [1.807, 2.05) is 93.4 Å². The largest absolute Gasteiger partial charge is 0.497 e. The maximum absolute atomic E-state index is 14.3. The number of pyridine rings is 2. The van der Waals surface area contributed by atoms with Crippen molar-refractivity contribution in [2.24, 2.45) is 14.1 Å². The third-order valence-electron chi connectivity index (χ3n) is 14.0. The molecule has 0 aliphatic carbocycles. The van der Waals surface area contributed by atoms with Crippen molar-refractivity contribution in [2.45, 2.75) is 30.2 Å². The monoisotopic (exact) mass is 1150 g/mol. The molecule has 0 aliphatic rings. The fourth-order valence-electron chi connectivity index (χ4n) is 9.65. The summed E-state index contributed by atoms with van der Waals surface area (Å²) in [6.07, 6.45) is 10.4. The number of ether oxygens (including phenoxy) is 2. The van der Waals surface area contributed by atoms with Gasteiger partial charge in [0, 0.05) is 122 Å². The first kappa shape index (κ1) is 55.3. The lowest BCUT2D eigenvalue weighted by atomic mass is 10.1. The van der Waals surface area contributed by atoms with Crippen LogP contribution in [0.4, 0.5) is 0 Å². The van der Waals surface area contributed by atoms with Gasteiger partial charge in [-0.2, -0.15) is 10.2 Å². The van der Waals surface area contributed by atoms with Crippen LogP contribution in [0.1, 0.15) is 11.1 Å². The third-order valence-corrected chi connectivity index (χ3v) is 17.7. The van der Waals surface area contributed by atoms with Gasteiger partial charge in [0.15, 0.2) is 11.3 Å². The van der Waals surface area contributed by atoms with Crippen molar-refractivity contribution in [2.75, 3.05) is 48.3 Å². The Morgan fingerprint density at radius 2 is 1.06 bits per heavy atom. The molecule has 0 atom stereocenters. The van der Waals surface area contributed by atoms with Crippen LogP contribution in [0.25, 0.3) is 88.2 Å². The van der Waals surface area contributed by atoms with Gasteiger partial charge in [-0.05, 0) is 86.6 Å². The van der Waals surface area contributed by atoms with E-state index in [1.54, 1.807) is 125 Å². The Labute approximate surface area is 471 Å². The summed E-state index contributed by atoms with van der Waals surface area (Å²) >= 11 is 5.16. The molecular formula is C58H57ClN12O8S2. The number of aryl methyl sites for hydroxylation is 4. The molecule has 8 aromatic heterocycles. The molecule has 20 nitrogen and oxygen atoms in total. The van der Waals surface area contributed by atoms with Crippen molar-refractivity contribution in [3.05, 3.63) is 145 Å². The van der Waals surface area contributed by atoms with Gasteiger partial charge in [-0.25, -0.2) is 34.7 Å². The molecule has 0 unspecified atom stereocenters. The molecule has 416 valence electrons.